The quantitative estimate of drug-likeness (QED) is 0.398. The average Bonchev–Trinajstić information content (AvgIpc) is 3.15. The fraction of sp³-hybridized carbons (Fsp3) is 0.240. The summed E-state index contributed by atoms with van der Waals surface area (Å²) in [4.78, 5) is 13.0. The summed E-state index contributed by atoms with van der Waals surface area (Å²) in [5.41, 5.74) is 0.986. The normalized spacial score (nSPS) is 18.0. The van der Waals surface area contributed by atoms with Crippen LogP contribution in [-0.4, -0.2) is 27.0 Å². The smallest absolute Gasteiger partial charge is 0.197 e. The highest BCUT2D eigenvalue weighted by Gasteiger charge is 2.32. The lowest BCUT2D eigenvalue weighted by Gasteiger charge is -2.28. The van der Waals surface area contributed by atoms with Gasteiger partial charge in [0.05, 0.1) is 11.1 Å². The van der Waals surface area contributed by atoms with Crippen LogP contribution in [0.4, 0.5) is 0 Å². The Morgan fingerprint density at radius 2 is 1.91 bits per heavy atom. The number of rotatable bonds is 2. The average molecular weight is 434 g/mol. The van der Waals surface area contributed by atoms with Gasteiger partial charge in [-0.25, -0.2) is 0 Å². The molecular formula is C25H22O7. The molecule has 3 aromatic rings. The summed E-state index contributed by atoms with van der Waals surface area (Å²) in [6, 6.07) is 4.09. The third kappa shape index (κ3) is 2.92. The zero-order valence-electron chi connectivity index (χ0n) is 17.9. The van der Waals surface area contributed by atoms with E-state index in [1.807, 2.05) is 20.8 Å². The van der Waals surface area contributed by atoms with Crippen LogP contribution in [0.1, 0.15) is 31.9 Å². The van der Waals surface area contributed by atoms with E-state index in [4.69, 9.17) is 13.9 Å². The van der Waals surface area contributed by atoms with Crippen molar-refractivity contribution in [2.24, 2.45) is 0 Å². The van der Waals surface area contributed by atoms with Gasteiger partial charge in [0.25, 0.3) is 0 Å². The first kappa shape index (κ1) is 20.1. The minimum Gasteiger partial charge on any atom is -0.506 e. The van der Waals surface area contributed by atoms with Crippen molar-refractivity contribution in [1.29, 1.82) is 0 Å². The standard InChI is InChI=1S/C25H22O7/c1-11(2)17-8-14-22(28)16(27)7-13(24(14)31-17)18-9-15(26)21-20(30-18)10-19-12(23(21)29)5-6-25(3,4)32-19/h5-7,9-10,17,27-29H,1,8H2,2-4H3. The molecule has 0 fully saturated rings. The molecular weight excluding hydrogens is 412 g/mol. The van der Waals surface area contributed by atoms with E-state index in [-0.39, 0.29) is 40.1 Å². The number of phenolic OH excluding ortho intramolecular Hbond substituents is 3. The van der Waals surface area contributed by atoms with Crippen molar-refractivity contribution in [3.05, 3.63) is 57.8 Å². The molecule has 0 aliphatic carbocycles. The van der Waals surface area contributed by atoms with Gasteiger partial charge in [0.2, 0.25) is 0 Å². The summed E-state index contributed by atoms with van der Waals surface area (Å²) in [5, 5.41) is 31.4. The predicted molar refractivity (Wildman–Crippen MR) is 120 cm³/mol. The third-order valence-corrected chi connectivity index (χ3v) is 5.81. The molecule has 164 valence electrons. The fourth-order valence-electron chi connectivity index (χ4n) is 4.12. The maximum absolute atomic E-state index is 13.0. The Morgan fingerprint density at radius 1 is 1.16 bits per heavy atom. The Labute approximate surface area is 183 Å². The lowest BCUT2D eigenvalue weighted by atomic mass is 9.99. The first-order valence-electron chi connectivity index (χ1n) is 10.2. The summed E-state index contributed by atoms with van der Waals surface area (Å²) < 4.78 is 17.9. The van der Waals surface area contributed by atoms with Gasteiger partial charge in [-0.1, -0.05) is 6.58 Å². The summed E-state index contributed by atoms with van der Waals surface area (Å²) in [6.07, 6.45) is 3.48. The van der Waals surface area contributed by atoms with Gasteiger partial charge in [0.15, 0.2) is 16.9 Å². The number of fused-ring (bicyclic) bond motifs is 3. The highest BCUT2D eigenvalue weighted by molar-refractivity contribution is 5.92. The first-order valence-corrected chi connectivity index (χ1v) is 10.2. The second-order valence-electron chi connectivity index (χ2n) is 8.78. The van der Waals surface area contributed by atoms with E-state index in [2.05, 4.69) is 6.58 Å². The zero-order chi connectivity index (χ0) is 22.9. The first-order chi connectivity index (χ1) is 15.1. The van der Waals surface area contributed by atoms with Crippen LogP contribution in [0.3, 0.4) is 0 Å². The second kappa shape index (κ2) is 6.56. The monoisotopic (exact) mass is 434 g/mol. The summed E-state index contributed by atoms with van der Waals surface area (Å²) in [7, 11) is 0. The maximum Gasteiger partial charge on any atom is 0.197 e. The van der Waals surface area contributed by atoms with Crippen molar-refractivity contribution in [2.75, 3.05) is 0 Å². The Kier molecular flexibility index (Phi) is 4.11. The number of hydrogen-bond donors (Lipinski definition) is 3. The van der Waals surface area contributed by atoms with Gasteiger partial charge >= 0.3 is 0 Å². The minimum atomic E-state index is -0.583. The van der Waals surface area contributed by atoms with Crippen LogP contribution in [0.15, 0.2) is 45.6 Å². The summed E-state index contributed by atoms with van der Waals surface area (Å²) in [6.45, 7) is 9.46. The zero-order valence-corrected chi connectivity index (χ0v) is 17.9. The number of benzene rings is 2. The van der Waals surface area contributed by atoms with E-state index >= 15 is 0 Å². The molecule has 0 radical (unpaired) electrons. The van der Waals surface area contributed by atoms with Crippen molar-refractivity contribution in [3.63, 3.8) is 0 Å². The topological polar surface area (TPSA) is 109 Å². The molecule has 3 heterocycles. The molecule has 1 unspecified atom stereocenters. The van der Waals surface area contributed by atoms with Gasteiger partial charge in [-0.15, -0.1) is 0 Å². The predicted octanol–water partition coefficient (Wildman–Crippen LogP) is 4.64. The molecule has 0 saturated heterocycles. The summed E-state index contributed by atoms with van der Waals surface area (Å²) in [5.74, 6) is -0.0116. The molecule has 2 aliphatic rings. The molecule has 2 aromatic carbocycles. The molecule has 1 aromatic heterocycles. The molecule has 32 heavy (non-hydrogen) atoms. The van der Waals surface area contributed by atoms with E-state index in [0.29, 0.717) is 34.6 Å². The van der Waals surface area contributed by atoms with Crippen LogP contribution < -0.4 is 14.9 Å². The van der Waals surface area contributed by atoms with Crippen molar-refractivity contribution >= 4 is 17.0 Å². The van der Waals surface area contributed by atoms with E-state index in [0.717, 1.165) is 5.57 Å². The van der Waals surface area contributed by atoms with Crippen LogP contribution in [0, 0.1) is 0 Å². The van der Waals surface area contributed by atoms with Crippen molar-refractivity contribution in [3.8, 4) is 40.1 Å². The second-order valence-corrected chi connectivity index (χ2v) is 8.78. The molecule has 0 bridgehead atoms. The lowest BCUT2D eigenvalue weighted by molar-refractivity contribution is 0.158. The third-order valence-electron chi connectivity index (χ3n) is 5.81. The summed E-state index contributed by atoms with van der Waals surface area (Å²) >= 11 is 0. The molecule has 0 saturated carbocycles. The fourth-order valence-corrected chi connectivity index (χ4v) is 4.12. The Balaban J connectivity index is 1.74. The van der Waals surface area contributed by atoms with Crippen LogP contribution in [0.2, 0.25) is 0 Å². The van der Waals surface area contributed by atoms with Crippen LogP contribution in [0.25, 0.3) is 28.4 Å². The van der Waals surface area contributed by atoms with Crippen LogP contribution in [-0.2, 0) is 6.42 Å². The van der Waals surface area contributed by atoms with E-state index in [1.165, 1.54) is 12.1 Å². The van der Waals surface area contributed by atoms with Crippen LogP contribution >= 0.6 is 0 Å². The lowest BCUT2D eigenvalue weighted by Crippen LogP contribution is -2.27. The highest BCUT2D eigenvalue weighted by atomic mass is 16.5. The molecule has 1 atom stereocenters. The largest absolute Gasteiger partial charge is 0.506 e. The Bertz CT molecular complexity index is 1410. The number of phenols is 3. The Hall–Kier alpha value is -3.87. The van der Waals surface area contributed by atoms with Crippen molar-refractivity contribution in [2.45, 2.75) is 38.9 Å². The number of hydrogen-bond acceptors (Lipinski definition) is 7. The van der Waals surface area contributed by atoms with Gasteiger partial charge in [0.1, 0.15) is 45.7 Å². The van der Waals surface area contributed by atoms with Crippen molar-refractivity contribution in [1.82, 2.24) is 0 Å². The SMILES string of the molecule is C=C(C)C1Cc2c(O)c(O)cc(-c3cc(=O)c4c(O)c5c(cc4o3)OC(C)(C)C=C5)c2O1. The number of ether oxygens (including phenoxy) is 2. The van der Waals surface area contributed by atoms with Gasteiger partial charge in [-0.05, 0) is 44.6 Å². The molecule has 0 amide bonds. The van der Waals surface area contributed by atoms with E-state index in [1.54, 1.807) is 18.2 Å². The molecule has 3 N–H and O–H groups in total. The molecule has 5 rings (SSSR count). The molecule has 7 heteroatoms. The highest BCUT2D eigenvalue weighted by Crippen LogP contribution is 2.49. The molecule has 0 spiro atoms. The van der Waals surface area contributed by atoms with Gasteiger partial charge in [0, 0.05) is 24.1 Å². The van der Waals surface area contributed by atoms with E-state index in [9.17, 15) is 20.1 Å². The van der Waals surface area contributed by atoms with Crippen molar-refractivity contribution < 1.29 is 29.2 Å². The van der Waals surface area contributed by atoms with Gasteiger partial charge < -0.3 is 29.2 Å². The Morgan fingerprint density at radius 3 is 2.62 bits per heavy atom. The number of aromatic hydroxyl groups is 3. The van der Waals surface area contributed by atoms with Gasteiger partial charge in [-0.3, -0.25) is 4.79 Å². The molecule has 2 aliphatic heterocycles. The van der Waals surface area contributed by atoms with Gasteiger partial charge in [-0.2, -0.15) is 0 Å². The molecule has 7 nitrogen and oxygen atoms in total. The van der Waals surface area contributed by atoms with E-state index < -0.39 is 11.0 Å². The van der Waals surface area contributed by atoms with Crippen LogP contribution in [0.5, 0.6) is 28.7 Å². The minimum absolute atomic E-state index is 0.0285. The maximum atomic E-state index is 13.0.